The van der Waals surface area contributed by atoms with Gasteiger partial charge in [-0.3, -0.25) is 0 Å². The van der Waals surface area contributed by atoms with E-state index >= 15 is 0 Å². The molecule has 3 aromatic rings. The van der Waals surface area contributed by atoms with Crippen molar-refractivity contribution < 1.29 is 9.53 Å². The van der Waals surface area contributed by atoms with Crippen LogP contribution in [0.15, 0.2) is 36.4 Å². The Morgan fingerprint density at radius 1 is 1.39 bits per heavy atom. The van der Waals surface area contributed by atoms with Crippen LogP contribution in [-0.2, 0) is 11.2 Å². The Balaban J connectivity index is 1.48. The van der Waals surface area contributed by atoms with Crippen molar-refractivity contribution in [3.63, 3.8) is 0 Å². The molecule has 3 heterocycles. The minimum Gasteiger partial charge on any atom is -0.453 e. The first-order valence-electron chi connectivity index (χ1n) is 10.4. The Morgan fingerprint density at radius 2 is 2.26 bits per heavy atom. The van der Waals surface area contributed by atoms with Crippen LogP contribution >= 0.6 is 0 Å². The van der Waals surface area contributed by atoms with Crippen LogP contribution < -0.4 is 5.32 Å². The first-order chi connectivity index (χ1) is 15.1. The number of imidazole rings is 1. The molecular weight excluding hydrogens is 392 g/mol. The third-order valence-electron chi connectivity index (χ3n) is 5.69. The Kier molecular flexibility index (Phi) is 6.03. The molecule has 0 spiro atoms. The molecule has 1 amide bonds. The lowest BCUT2D eigenvalue weighted by Crippen LogP contribution is -2.28. The maximum atomic E-state index is 11.7. The number of pyridine rings is 1. The van der Waals surface area contributed by atoms with Crippen LogP contribution in [0.4, 0.5) is 10.7 Å². The molecule has 1 saturated heterocycles. The van der Waals surface area contributed by atoms with Gasteiger partial charge in [0.2, 0.25) is 5.95 Å². The van der Waals surface area contributed by atoms with E-state index in [0.717, 1.165) is 36.2 Å². The standard InChI is InChI=1S/C23H26N6O2/c1-15-6-7-20-21(25-15)28-22(27-20)26-19(8-10-24)18-5-3-4-16(13-18)12-17-9-11-29(14-17)23(30)31-2/h3-7,13,17,19H,8-9,11-12,14H2,1-2H3,(H2,25,26,27,28)/t17-,19-/m1/s1. The van der Waals surface area contributed by atoms with Gasteiger partial charge in [-0.2, -0.15) is 10.2 Å². The number of nitrogens with one attached hydrogen (secondary N) is 2. The van der Waals surface area contributed by atoms with Crippen molar-refractivity contribution in [3.8, 4) is 6.07 Å². The van der Waals surface area contributed by atoms with Crippen LogP contribution in [-0.4, -0.2) is 46.1 Å². The van der Waals surface area contributed by atoms with Crippen LogP contribution in [0.3, 0.4) is 0 Å². The number of nitrogens with zero attached hydrogens (tertiary/aromatic N) is 4. The van der Waals surface area contributed by atoms with Crippen LogP contribution in [0, 0.1) is 24.2 Å². The smallest absolute Gasteiger partial charge is 0.409 e. The van der Waals surface area contributed by atoms with E-state index in [1.807, 2.05) is 31.2 Å². The van der Waals surface area contributed by atoms with Gasteiger partial charge in [0.1, 0.15) is 0 Å². The summed E-state index contributed by atoms with van der Waals surface area (Å²) < 4.78 is 4.83. The molecule has 2 aromatic heterocycles. The second-order valence-corrected chi connectivity index (χ2v) is 7.99. The molecule has 1 fully saturated rings. The Hall–Kier alpha value is -3.60. The van der Waals surface area contributed by atoms with Gasteiger partial charge in [0.15, 0.2) is 5.65 Å². The summed E-state index contributed by atoms with van der Waals surface area (Å²) in [6.07, 6.45) is 1.90. The fraction of sp³-hybridized carbons (Fsp3) is 0.391. The molecule has 1 aliphatic heterocycles. The average molecular weight is 419 g/mol. The summed E-state index contributed by atoms with van der Waals surface area (Å²) in [5.41, 5.74) is 4.65. The van der Waals surface area contributed by atoms with Gasteiger partial charge in [0.25, 0.3) is 0 Å². The molecule has 160 valence electrons. The molecule has 4 rings (SSSR count). The number of rotatable bonds is 6. The number of aromatic amines is 1. The van der Waals surface area contributed by atoms with Gasteiger partial charge in [-0.25, -0.2) is 9.78 Å². The number of fused-ring (bicyclic) bond motifs is 1. The summed E-state index contributed by atoms with van der Waals surface area (Å²) in [7, 11) is 1.42. The number of benzene rings is 1. The number of hydrogen-bond acceptors (Lipinski definition) is 6. The number of ether oxygens (including phenoxy) is 1. The van der Waals surface area contributed by atoms with Gasteiger partial charge in [-0.15, -0.1) is 0 Å². The van der Waals surface area contributed by atoms with E-state index < -0.39 is 0 Å². The molecule has 31 heavy (non-hydrogen) atoms. The summed E-state index contributed by atoms with van der Waals surface area (Å²) in [6, 6.07) is 14.3. The zero-order chi connectivity index (χ0) is 21.8. The van der Waals surface area contributed by atoms with Crippen molar-refractivity contribution in [1.29, 1.82) is 5.26 Å². The van der Waals surface area contributed by atoms with Crippen LogP contribution in [0.5, 0.6) is 0 Å². The van der Waals surface area contributed by atoms with E-state index in [4.69, 9.17) is 4.74 Å². The molecule has 1 aromatic carbocycles. The predicted octanol–water partition coefficient (Wildman–Crippen LogP) is 3.96. The van der Waals surface area contributed by atoms with Gasteiger partial charge >= 0.3 is 6.09 Å². The number of likely N-dealkylation sites (tertiary alicyclic amines) is 1. The van der Waals surface area contributed by atoms with Gasteiger partial charge in [0.05, 0.1) is 31.2 Å². The highest BCUT2D eigenvalue weighted by Crippen LogP contribution is 2.26. The Labute approximate surface area is 181 Å². The van der Waals surface area contributed by atoms with E-state index in [9.17, 15) is 10.1 Å². The van der Waals surface area contributed by atoms with Crippen molar-refractivity contribution in [2.45, 2.75) is 32.2 Å². The topological polar surface area (TPSA) is 107 Å². The maximum absolute atomic E-state index is 11.7. The van der Waals surface area contributed by atoms with Crippen LogP contribution in [0.2, 0.25) is 0 Å². The molecule has 0 unspecified atom stereocenters. The first-order valence-corrected chi connectivity index (χ1v) is 10.4. The number of nitriles is 1. The maximum Gasteiger partial charge on any atom is 0.409 e. The molecular formula is C23H26N6O2. The van der Waals surface area contributed by atoms with Crippen LogP contribution in [0.25, 0.3) is 11.2 Å². The number of amides is 1. The van der Waals surface area contributed by atoms with E-state index in [0.29, 0.717) is 30.5 Å². The summed E-state index contributed by atoms with van der Waals surface area (Å²) >= 11 is 0. The van der Waals surface area contributed by atoms with Crippen molar-refractivity contribution in [2.75, 3.05) is 25.5 Å². The quantitative estimate of drug-likeness (QED) is 0.627. The van der Waals surface area contributed by atoms with Gasteiger partial charge in [0, 0.05) is 18.8 Å². The number of aryl methyl sites for hydroxylation is 1. The lowest BCUT2D eigenvalue weighted by molar-refractivity contribution is 0.131. The van der Waals surface area contributed by atoms with Gasteiger partial charge in [-0.05, 0) is 48.9 Å². The third kappa shape index (κ3) is 4.77. The SMILES string of the molecule is COC(=O)N1CC[C@H](Cc2cccc([C@@H](CC#N)Nc3nc4nc(C)ccc4[nH]3)c2)C1. The largest absolute Gasteiger partial charge is 0.453 e. The first kappa shape index (κ1) is 20.7. The number of carbonyl (C=O) groups is 1. The molecule has 2 atom stereocenters. The highest BCUT2D eigenvalue weighted by atomic mass is 16.5. The van der Waals surface area contributed by atoms with E-state index in [-0.39, 0.29) is 12.1 Å². The summed E-state index contributed by atoms with van der Waals surface area (Å²) in [4.78, 5) is 25.7. The normalized spacial score (nSPS) is 16.8. The van der Waals surface area contributed by atoms with Crippen molar-refractivity contribution in [1.82, 2.24) is 19.9 Å². The van der Waals surface area contributed by atoms with Gasteiger partial charge in [-0.1, -0.05) is 24.3 Å². The minimum atomic E-state index is -0.259. The summed E-state index contributed by atoms with van der Waals surface area (Å²) in [5, 5.41) is 12.7. The minimum absolute atomic E-state index is 0.193. The van der Waals surface area contributed by atoms with Crippen LogP contribution in [0.1, 0.15) is 35.7 Å². The zero-order valence-corrected chi connectivity index (χ0v) is 17.8. The Morgan fingerprint density at radius 3 is 3.06 bits per heavy atom. The van der Waals surface area contributed by atoms with E-state index in [1.165, 1.54) is 12.7 Å². The molecule has 0 saturated carbocycles. The zero-order valence-electron chi connectivity index (χ0n) is 17.8. The van der Waals surface area contributed by atoms with Crippen molar-refractivity contribution in [2.24, 2.45) is 5.92 Å². The predicted molar refractivity (Wildman–Crippen MR) is 117 cm³/mol. The average Bonchev–Trinajstić information content (AvgIpc) is 3.39. The van der Waals surface area contributed by atoms with Crippen molar-refractivity contribution >= 4 is 23.2 Å². The second kappa shape index (κ2) is 9.04. The monoisotopic (exact) mass is 418 g/mol. The third-order valence-corrected chi connectivity index (χ3v) is 5.69. The van der Waals surface area contributed by atoms with E-state index in [1.54, 1.807) is 4.90 Å². The fourth-order valence-electron chi connectivity index (χ4n) is 4.13. The summed E-state index contributed by atoms with van der Waals surface area (Å²) in [6.45, 7) is 3.37. The molecule has 8 nitrogen and oxygen atoms in total. The number of carbonyl (C=O) groups excluding carboxylic acids is 1. The molecule has 0 aliphatic carbocycles. The van der Waals surface area contributed by atoms with E-state index in [2.05, 4.69) is 38.5 Å². The number of H-pyrrole nitrogens is 1. The highest BCUT2D eigenvalue weighted by Gasteiger charge is 2.27. The lowest BCUT2D eigenvalue weighted by atomic mass is 9.95. The number of methoxy groups -OCH3 is 1. The molecule has 0 bridgehead atoms. The molecule has 1 aliphatic rings. The molecule has 8 heteroatoms. The highest BCUT2D eigenvalue weighted by molar-refractivity contribution is 5.73. The number of aromatic nitrogens is 3. The number of anilines is 1. The second-order valence-electron chi connectivity index (χ2n) is 7.99. The number of hydrogen-bond donors (Lipinski definition) is 2. The fourth-order valence-corrected chi connectivity index (χ4v) is 4.13. The Bertz CT molecular complexity index is 1120. The van der Waals surface area contributed by atoms with Gasteiger partial charge < -0.3 is 19.9 Å². The summed E-state index contributed by atoms with van der Waals surface area (Å²) in [5.74, 6) is 1.00. The lowest BCUT2D eigenvalue weighted by Gasteiger charge is -2.18. The van der Waals surface area contributed by atoms with Crippen molar-refractivity contribution in [3.05, 3.63) is 53.2 Å². The molecule has 0 radical (unpaired) electrons. The molecule has 2 N–H and O–H groups in total.